The molecule has 92 valence electrons. The molecule has 1 aliphatic heterocycles. The highest BCUT2D eigenvalue weighted by Gasteiger charge is 2.19. The van der Waals surface area contributed by atoms with Gasteiger partial charge in [0, 0.05) is 26.3 Å². The van der Waals surface area contributed by atoms with Crippen molar-refractivity contribution in [2.75, 3.05) is 25.5 Å². The zero-order chi connectivity index (χ0) is 12.1. The van der Waals surface area contributed by atoms with Crippen molar-refractivity contribution in [3.8, 4) is 0 Å². The number of hydrogen-bond donors (Lipinski definition) is 1. The molecule has 1 amide bonds. The number of aromatic nitrogens is 1. The molecule has 0 bridgehead atoms. The van der Waals surface area contributed by atoms with Crippen molar-refractivity contribution in [1.29, 1.82) is 0 Å². The van der Waals surface area contributed by atoms with Gasteiger partial charge in [-0.2, -0.15) is 0 Å². The Morgan fingerprint density at radius 3 is 2.65 bits per heavy atom. The number of anilines is 1. The topological polar surface area (TPSA) is 45.2 Å². The number of carbonyl (C=O) groups is 1. The van der Waals surface area contributed by atoms with E-state index in [-0.39, 0.29) is 5.91 Å². The quantitative estimate of drug-likeness (QED) is 0.851. The molecule has 0 saturated carbocycles. The lowest BCUT2D eigenvalue weighted by molar-refractivity contribution is 0.0762. The summed E-state index contributed by atoms with van der Waals surface area (Å²) in [5.41, 5.74) is 0.678. The Morgan fingerprint density at radius 1 is 1.29 bits per heavy atom. The van der Waals surface area contributed by atoms with E-state index >= 15 is 0 Å². The van der Waals surface area contributed by atoms with E-state index in [9.17, 15) is 4.79 Å². The summed E-state index contributed by atoms with van der Waals surface area (Å²) >= 11 is 0. The lowest BCUT2D eigenvalue weighted by atomic mass is 10.2. The summed E-state index contributed by atoms with van der Waals surface area (Å²) in [7, 11) is 1.79. The Morgan fingerprint density at radius 2 is 2.00 bits per heavy atom. The van der Waals surface area contributed by atoms with Crippen molar-refractivity contribution < 1.29 is 4.79 Å². The predicted molar refractivity (Wildman–Crippen MR) is 68.2 cm³/mol. The maximum Gasteiger partial charge on any atom is 0.257 e. The molecule has 2 rings (SSSR count). The fraction of sp³-hybridized carbons (Fsp3) is 0.538. The maximum atomic E-state index is 12.4. The molecule has 0 aromatic carbocycles. The molecule has 2 heterocycles. The second-order valence-corrected chi connectivity index (χ2v) is 4.36. The van der Waals surface area contributed by atoms with Crippen LogP contribution in [-0.2, 0) is 0 Å². The van der Waals surface area contributed by atoms with Gasteiger partial charge in [-0.3, -0.25) is 4.79 Å². The molecule has 1 N–H and O–H groups in total. The molecule has 1 aliphatic rings. The molecule has 0 unspecified atom stereocenters. The largest absolute Gasteiger partial charge is 0.372 e. The fourth-order valence-electron chi connectivity index (χ4n) is 2.22. The standard InChI is InChI=1S/C13H19N3O/c1-14-12-11(7-6-8-15-12)13(17)16-9-4-2-3-5-10-16/h6-8H,2-5,9-10H2,1H3,(H,14,15). The molecule has 1 aromatic heterocycles. The molecule has 4 heteroatoms. The molecule has 1 saturated heterocycles. The summed E-state index contributed by atoms with van der Waals surface area (Å²) in [6.07, 6.45) is 6.39. The van der Waals surface area contributed by atoms with Crippen LogP contribution in [0, 0.1) is 0 Å². The van der Waals surface area contributed by atoms with Crippen molar-refractivity contribution >= 4 is 11.7 Å². The second kappa shape index (κ2) is 5.66. The minimum atomic E-state index is 0.101. The number of amides is 1. The Labute approximate surface area is 102 Å². The normalized spacial score (nSPS) is 16.4. The lowest BCUT2D eigenvalue weighted by Gasteiger charge is -2.21. The van der Waals surface area contributed by atoms with Crippen LogP contribution in [-0.4, -0.2) is 35.9 Å². The van der Waals surface area contributed by atoms with Crippen LogP contribution in [0.15, 0.2) is 18.3 Å². The van der Waals surface area contributed by atoms with E-state index < -0.39 is 0 Å². The summed E-state index contributed by atoms with van der Waals surface area (Å²) < 4.78 is 0. The first kappa shape index (κ1) is 11.9. The lowest BCUT2D eigenvalue weighted by Crippen LogP contribution is -2.32. The summed E-state index contributed by atoms with van der Waals surface area (Å²) in [5, 5.41) is 2.97. The Hall–Kier alpha value is -1.58. The number of likely N-dealkylation sites (tertiary alicyclic amines) is 1. The van der Waals surface area contributed by atoms with Crippen LogP contribution >= 0.6 is 0 Å². The van der Waals surface area contributed by atoms with Gasteiger partial charge in [-0.05, 0) is 25.0 Å². The summed E-state index contributed by atoms with van der Waals surface area (Å²) in [4.78, 5) is 18.5. The summed E-state index contributed by atoms with van der Waals surface area (Å²) in [6.45, 7) is 1.74. The third-order valence-corrected chi connectivity index (χ3v) is 3.17. The molecule has 0 aliphatic carbocycles. The van der Waals surface area contributed by atoms with E-state index in [1.807, 2.05) is 17.0 Å². The molecule has 17 heavy (non-hydrogen) atoms. The first-order valence-electron chi connectivity index (χ1n) is 6.25. The van der Waals surface area contributed by atoms with E-state index in [1.165, 1.54) is 12.8 Å². The van der Waals surface area contributed by atoms with Crippen LogP contribution in [0.4, 0.5) is 5.82 Å². The molecule has 0 radical (unpaired) electrons. The van der Waals surface area contributed by atoms with Gasteiger partial charge >= 0.3 is 0 Å². The first-order valence-corrected chi connectivity index (χ1v) is 6.25. The van der Waals surface area contributed by atoms with Crippen LogP contribution in [0.5, 0.6) is 0 Å². The van der Waals surface area contributed by atoms with Gasteiger partial charge in [0.1, 0.15) is 5.82 Å². The molecule has 0 atom stereocenters. The van der Waals surface area contributed by atoms with Crippen LogP contribution in [0.2, 0.25) is 0 Å². The number of nitrogens with zero attached hydrogens (tertiary/aromatic N) is 2. The molecular formula is C13H19N3O. The molecular weight excluding hydrogens is 214 g/mol. The average molecular weight is 233 g/mol. The minimum absolute atomic E-state index is 0.101. The van der Waals surface area contributed by atoms with Crippen molar-refractivity contribution in [2.24, 2.45) is 0 Å². The van der Waals surface area contributed by atoms with Gasteiger partial charge in [0.05, 0.1) is 5.56 Å². The highest BCUT2D eigenvalue weighted by Crippen LogP contribution is 2.17. The van der Waals surface area contributed by atoms with E-state index in [4.69, 9.17) is 0 Å². The SMILES string of the molecule is CNc1ncccc1C(=O)N1CCCCCC1. The summed E-state index contributed by atoms with van der Waals surface area (Å²) in [6, 6.07) is 3.65. The van der Waals surface area contributed by atoms with Crippen molar-refractivity contribution in [1.82, 2.24) is 9.88 Å². The third-order valence-electron chi connectivity index (χ3n) is 3.17. The second-order valence-electron chi connectivity index (χ2n) is 4.36. The smallest absolute Gasteiger partial charge is 0.257 e. The molecule has 1 aromatic rings. The Balaban J connectivity index is 2.17. The van der Waals surface area contributed by atoms with Gasteiger partial charge in [-0.15, -0.1) is 0 Å². The predicted octanol–water partition coefficient (Wildman–Crippen LogP) is 2.14. The molecule has 0 spiro atoms. The highest BCUT2D eigenvalue weighted by molar-refractivity contribution is 5.98. The van der Waals surface area contributed by atoms with Crippen molar-refractivity contribution in [3.63, 3.8) is 0 Å². The Kier molecular flexibility index (Phi) is 3.96. The molecule has 1 fully saturated rings. The number of pyridine rings is 1. The van der Waals surface area contributed by atoms with Gasteiger partial charge in [0.15, 0.2) is 0 Å². The monoisotopic (exact) mass is 233 g/mol. The van der Waals surface area contributed by atoms with E-state index in [0.717, 1.165) is 25.9 Å². The van der Waals surface area contributed by atoms with Crippen LogP contribution < -0.4 is 5.32 Å². The first-order chi connectivity index (χ1) is 8.33. The van der Waals surface area contributed by atoms with Gasteiger partial charge in [-0.1, -0.05) is 12.8 Å². The van der Waals surface area contributed by atoms with E-state index in [2.05, 4.69) is 10.3 Å². The van der Waals surface area contributed by atoms with Crippen LogP contribution in [0.1, 0.15) is 36.0 Å². The number of rotatable bonds is 2. The molecule has 4 nitrogen and oxygen atoms in total. The maximum absolute atomic E-state index is 12.4. The fourth-order valence-corrected chi connectivity index (χ4v) is 2.22. The van der Waals surface area contributed by atoms with Crippen molar-refractivity contribution in [3.05, 3.63) is 23.9 Å². The van der Waals surface area contributed by atoms with Crippen molar-refractivity contribution in [2.45, 2.75) is 25.7 Å². The van der Waals surface area contributed by atoms with Gasteiger partial charge in [-0.25, -0.2) is 4.98 Å². The minimum Gasteiger partial charge on any atom is -0.372 e. The number of nitrogens with one attached hydrogen (secondary N) is 1. The van der Waals surface area contributed by atoms with Gasteiger partial charge in [0.25, 0.3) is 5.91 Å². The third kappa shape index (κ3) is 2.75. The zero-order valence-corrected chi connectivity index (χ0v) is 10.3. The number of hydrogen-bond acceptors (Lipinski definition) is 3. The van der Waals surface area contributed by atoms with Crippen LogP contribution in [0.3, 0.4) is 0 Å². The van der Waals surface area contributed by atoms with E-state index in [1.54, 1.807) is 13.2 Å². The summed E-state index contributed by atoms with van der Waals surface area (Å²) in [5.74, 6) is 0.770. The van der Waals surface area contributed by atoms with Crippen LogP contribution in [0.25, 0.3) is 0 Å². The highest BCUT2D eigenvalue weighted by atomic mass is 16.2. The average Bonchev–Trinajstić information content (AvgIpc) is 2.66. The zero-order valence-electron chi connectivity index (χ0n) is 10.3. The van der Waals surface area contributed by atoms with E-state index in [0.29, 0.717) is 11.4 Å². The van der Waals surface area contributed by atoms with Gasteiger partial charge < -0.3 is 10.2 Å². The Bertz CT molecular complexity index is 384. The number of carbonyl (C=O) groups excluding carboxylic acids is 1. The van der Waals surface area contributed by atoms with Gasteiger partial charge in [0.2, 0.25) is 0 Å².